The fourth-order valence-corrected chi connectivity index (χ4v) is 3.62. The number of hydrogen-bond donors (Lipinski definition) is 1. The van der Waals surface area contributed by atoms with Gasteiger partial charge in [-0.1, -0.05) is 0 Å². The number of fused-ring (bicyclic) bond motifs is 1. The van der Waals surface area contributed by atoms with Crippen molar-refractivity contribution in [2.75, 3.05) is 44.6 Å². The van der Waals surface area contributed by atoms with Gasteiger partial charge in [0.25, 0.3) is 0 Å². The van der Waals surface area contributed by atoms with Gasteiger partial charge in [-0.15, -0.1) is 0 Å². The Morgan fingerprint density at radius 1 is 1.10 bits per heavy atom. The third-order valence-electron chi connectivity index (χ3n) is 5.37. The largest absolute Gasteiger partial charge is 0.419 e. The number of carbonyl (C=O) groups excluding carboxylic acids is 1. The Balaban J connectivity index is 1.24. The molecule has 29 heavy (non-hydrogen) atoms. The van der Waals surface area contributed by atoms with Crippen LogP contribution in [-0.4, -0.2) is 64.5 Å². The van der Waals surface area contributed by atoms with Crippen LogP contribution >= 0.6 is 0 Å². The van der Waals surface area contributed by atoms with Crippen molar-refractivity contribution >= 4 is 22.7 Å². The van der Waals surface area contributed by atoms with E-state index in [0.29, 0.717) is 23.3 Å². The van der Waals surface area contributed by atoms with E-state index in [1.807, 2.05) is 12.4 Å². The van der Waals surface area contributed by atoms with E-state index in [0.717, 1.165) is 39.1 Å². The molecule has 1 fully saturated rings. The third-order valence-corrected chi connectivity index (χ3v) is 5.37. The first kappa shape index (κ1) is 19.4. The van der Waals surface area contributed by atoms with E-state index in [1.165, 1.54) is 10.1 Å². The van der Waals surface area contributed by atoms with E-state index in [1.54, 1.807) is 25.2 Å². The first-order valence-corrected chi connectivity index (χ1v) is 9.81. The summed E-state index contributed by atoms with van der Waals surface area (Å²) in [6, 6.07) is 9.35. The highest BCUT2D eigenvalue weighted by atomic mass is 16.4. The van der Waals surface area contributed by atoms with Crippen LogP contribution in [0.1, 0.15) is 5.56 Å². The van der Waals surface area contributed by atoms with Crippen LogP contribution in [0, 0.1) is 0 Å². The summed E-state index contributed by atoms with van der Waals surface area (Å²) < 4.78 is 6.61. The Hall–Kier alpha value is -2.97. The smallest absolute Gasteiger partial charge is 0.408 e. The summed E-state index contributed by atoms with van der Waals surface area (Å²) in [6.45, 7) is 5.03. The normalized spacial score (nSPS) is 15.6. The number of rotatable bonds is 6. The molecular weight excluding hydrogens is 370 g/mol. The zero-order chi connectivity index (χ0) is 20.2. The maximum atomic E-state index is 12.4. The Kier molecular flexibility index (Phi) is 5.73. The van der Waals surface area contributed by atoms with E-state index in [4.69, 9.17) is 4.42 Å². The van der Waals surface area contributed by atoms with Crippen LogP contribution in [0.2, 0.25) is 0 Å². The molecule has 0 unspecified atom stereocenters. The van der Waals surface area contributed by atoms with Crippen molar-refractivity contribution in [3.8, 4) is 0 Å². The van der Waals surface area contributed by atoms with E-state index >= 15 is 0 Å². The van der Waals surface area contributed by atoms with Crippen molar-refractivity contribution in [2.45, 2.75) is 6.42 Å². The fraction of sp³-hybridized carbons (Fsp3) is 0.381. The van der Waals surface area contributed by atoms with Crippen molar-refractivity contribution in [2.24, 2.45) is 7.05 Å². The van der Waals surface area contributed by atoms with Crippen molar-refractivity contribution in [1.29, 1.82) is 0 Å². The van der Waals surface area contributed by atoms with Crippen LogP contribution in [0.25, 0.3) is 11.1 Å². The average Bonchev–Trinajstić information content (AvgIpc) is 3.01. The van der Waals surface area contributed by atoms with Gasteiger partial charge in [-0.25, -0.2) is 4.79 Å². The summed E-state index contributed by atoms with van der Waals surface area (Å²) in [5, 5.41) is 2.90. The minimum absolute atomic E-state index is 0.0622. The van der Waals surface area contributed by atoms with Gasteiger partial charge in [0.15, 0.2) is 5.58 Å². The second-order valence-corrected chi connectivity index (χ2v) is 7.38. The van der Waals surface area contributed by atoms with E-state index in [2.05, 4.69) is 32.2 Å². The molecule has 1 amide bonds. The molecule has 2 aromatic heterocycles. The number of nitrogens with one attached hydrogen (secondary N) is 1. The monoisotopic (exact) mass is 395 g/mol. The lowest BCUT2D eigenvalue weighted by molar-refractivity contribution is -0.117. The number of aryl methyl sites for hydroxylation is 1. The van der Waals surface area contributed by atoms with Gasteiger partial charge >= 0.3 is 5.76 Å². The molecule has 8 nitrogen and oxygen atoms in total. The van der Waals surface area contributed by atoms with Gasteiger partial charge in [0.2, 0.25) is 5.91 Å². The fourth-order valence-electron chi connectivity index (χ4n) is 3.62. The quantitative estimate of drug-likeness (QED) is 0.678. The molecule has 0 bridgehead atoms. The molecule has 8 heteroatoms. The molecule has 3 heterocycles. The molecule has 3 aromatic rings. The van der Waals surface area contributed by atoms with Gasteiger partial charge < -0.3 is 14.6 Å². The Morgan fingerprint density at radius 3 is 2.59 bits per heavy atom. The topological polar surface area (TPSA) is 83.6 Å². The molecule has 0 spiro atoms. The highest BCUT2D eigenvalue weighted by Crippen LogP contribution is 2.18. The summed E-state index contributed by atoms with van der Waals surface area (Å²) in [5.41, 5.74) is 3.11. The van der Waals surface area contributed by atoms with Gasteiger partial charge in [-0.05, 0) is 36.2 Å². The summed E-state index contributed by atoms with van der Waals surface area (Å²) in [7, 11) is 1.66. The van der Waals surface area contributed by atoms with Crippen molar-refractivity contribution in [3.63, 3.8) is 0 Å². The van der Waals surface area contributed by atoms with Crippen molar-refractivity contribution in [3.05, 3.63) is 58.8 Å². The number of piperazine rings is 1. The van der Waals surface area contributed by atoms with E-state index in [9.17, 15) is 9.59 Å². The van der Waals surface area contributed by atoms with E-state index < -0.39 is 5.76 Å². The minimum atomic E-state index is -0.412. The molecule has 152 valence electrons. The predicted molar refractivity (Wildman–Crippen MR) is 111 cm³/mol. The van der Waals surface area contributed by atoms with Gasteiger partial charge in [-0.2, -0.15) is 0 Å². The van der Waals surface area contributed by atoms with Gasteiger partial charge in [0, 0.05) is 63.9 Å². The molecule has 4 rings (SSSR count). The number of hydrogen-bond acceptors (Lipinski definition) is 6. The number of pyridine rings is 1. The number of aromatic nitrogens is 2. The Bertz CT molecular complexity index is 1040. The number of benzene rings is 1. The SMILES string of the molecule is Cn1c(=O)oc2cc(NC(=O)CN3CCN(CCc4ccncc4)CC3)ccc21. The lowest BCUT2D eigenvalue weighted by Gasteiger charge is -2.34. The first-order valence-electron chi connectivity index (χ1n) is 9.81. The molecule has 1 N–H and O–H groups in total. The number of amides is 1. The number of carbonyl (C=O) groups is 1. The molecule has 0 radical (unpaired) electrons. The number of anilines is 1. The third kappa shape index (κ3) is 4.72. The van der Waals surface area contributed by atoms with E-state index in [-0.39, 0.29) is 5.91 Å². The maximum Gasteiger partial charge on any atom is 0.419 e. The van der Waals surface area contributed by atoms with Crippen LogP contribution in [0.4, 0.5) is 5.69 Å². The summed E-state index contributed by atoms with van der Waals surface area (Å²) in [4.78, 5) is 32.6. The maximum absolute atomic E-state index is 12.4. The molecule has 1 aromatic carbocycles. The van der Waals surface area contributed by atoms with Gasteiger partial charge in [0.1, 0.15) is 0 Å². The zero-order valence-corrected chi connectivity index (χ0v) is 16.5. The lowest BCUT2D eigenvalue weighted by Crippen LogP contribution is -2.49. The van der Waals surface area contributed by atoms with Crippen LogP contribution < -0.4 is 11.1 Å². The summed E-state index contributed by atoms with van der Waals surface area (Å²) >= 11 is 0. The standard InChI is InChI=1S/C21H25N5O3/c1-24-18-3-2-17(14-19(18)29-21(24)28)23-20(27)15-26-12-10-25(11-13-26)9-6-16-4-7-22-8-5-16/h2-5,7-8,14H,6,9-13,15H2,1H3,(H,23,27). The predicted octanol–water partition coefficient (Wildman–Crippen LogP) is 1.33. The molecule has 1 saturated heterocycles. The Morgan fingerprint density at radius 2 is 1.83 bits per heavy atom. The molecular formula is C21H25N5O3. The molecule has 0 saturated carbocycles. The molecule has 0 aliphatic carbocycles. The van der Waals surface area contributed by atoms with Crippen LogP contribution in [0.5, 0.6) is 0 Å². The van der Waals surface area contributed by atoms with Crippen molar-refractivity contribution in [1.82, 2.24) is 19.4 Å². The molecule has 0 atom stereocenters. The van der Waals surface area contributed by atoms with Gasteiger partial charge in [-0.3, -0.25) is 19.2 Å². The first-order chi connectivity index (χ1) is 14.1. The average molecular weight is 395 g/mol. The summed E-state index contributed by atoms with van der Waals surface area (Å²) in [5.74, 6) is -0.474. The summed E-state index contributed by atoms with van der Waals surface area (Å²) in [6.07, 6.45) is 4.67. The second-order valence-electron chi connectivity index (χ2n) is 7.38. The second kappa shape index (κ2) is 8.59. The highest BCUT2D eigenvalue weighted by molar-refractivity contribution is 5.94. The van der Waals surface area contributed by atoms with Crippen LogP contribution in [-0.2, 0) is 18.3 Å². The number of nitrogens with zero attached hydrogens (tertiary/aromatic N) is 4. The lowest BCUT2D eigenvalue weighted by atomic mass is 10.2. The Labute approximate surface area is 168 Å². The zero-order valence-electron chi connectivity index (χ0n) is 16.5. The van der Waals surface area contributed by atoms with Crippen LogP contribution in [0.15, 0.2) is 51.9 Å². The molecule has 1 aliphatic heterocycles. The minimum Gasteiger partial charge on any atom is -0.408 e. The van der Waals surface area contributed by atoms with Crippen LogP contribution in [0.3, 0.4) is 0 Å². The van der Waals surface area contributed by atoms with Gasteiger partial charge in [0.05, 0.1) is 12.1 Å². The number of oxazole rings is 1. The highest BCUT2D eigenvalue weighted by Gasteiger charge is 2.19. The van der Waals surface area contributed by atoms with Crippen molar-refractivity contribution < 1.29 is 9.21 Å². The molecule has 1 aliphatic rings.